The smallest absolute Gasteiger partial charge is 0.273 e. The molecule has 0 bridgehead atoms. The summed E-state index contributed by atoms with van der Waals surface area (Å²) in [6.07, 6.45) is 2.02. The summed E-state index contributed by atoms with van der Waals surface area (Å²) in [5, 5.41) is 18.4. The van der Waals surface area contributed by atoms with Gasteiger partial charge in [0.1, 0.15) is 11.7 Å². The number of pyridine rings is 1. The van der Waals surface area contributed by atoms with Crippen LogP contribution in [0.15, 0.2) is 36.5 Å². The van der Waals surface area contributed by atoms with Gasteiger partial charge >= 0.3 is 0 Å². The molecule has 1 aromatic carbocycles. The molecule has 3 atom stereocenters. The molecule has 10 nitrogen and oxygen atoms in total. The lowest BCUT2D eigenvalue weighted by Gasteiger charge is -2.37. The van der Waals surface area contributed by atoms with Crippen LogP contribution in [-0.2, 0) is 23.4 Å². The molecule has 216 valence electrons. The van der Waals surface area contributed by atoms with Crippen molar-refractivity contribution in [3.8, 4) is 0 Å². The van der Waals surface area contributed by atoms with Crippen LogP contribution in [0.1, 0.15) is 83.1 Å². The van der Waals surface area contributed by atoms with Crippen molar-refractivity contribution in [2.45, 2.75) is 64.4 Å². The Kier molecular flexibility index (Phi) is 7.61. The number of nitrogens with one attached hydrogen (secondary N) is 1. The number of benzene rings is 1. The molecule has 0 saturated carbocycles. The van der Waals surface area contributed by atoms with Gasteiger partial charge in [-0.2, -0.15) is 5.10 Å². The van der Waals surface area contributed by atoms with Crippen molar-refractivity contribution in [1.29, 1.82) is 0 Å². The monoisotopic (exact) mass is 598 g/mol. The second-order valence-corrected chi connectivity index (χ2v) is 11.9. The van der Waals surface area contributed by atoms with E-state index >= 15 is 0 Å². The Morgan fingerprint density at radius 1 is 1.17 bits per heavy atom. The Labute approximate surface area is 248 Å². The quantitative estimate of drug-likeness (QED) is 0.459. The lowest BCUT2D eigenvalue weighted by Crippen LogP contribution is -2.49. The van der Waals surface area contributed by atoms with E-state index in [2.05, 4.69) is 10.3 Å². The van der Waals surface area contributed by atoms with E-state index in [0.717, 1.165) is 0 Å². The average molecular weight is 600 g/mol. The van der Waals surface area contributed by atoms with Crippen molar-refractivity contribution >= 4 is 40.9 Å². The third kappa shape index (κ3) is 5.20. The van der Waals surface area contributed by atoms with E-state index in [-0.39, 0.29) is 41.9 Å². The number of amides is 3. The SMILES string of the molecule is CNC(=O)[C@@H]1CN([C@H](C)c2ccc(C(C)(C)O)cn2)C(=O)c2c3c(nn21)C[C@@H](C)N(C(=O)c1ccc(Cl)c(Cl)c1)C3. The first kappa shape index (κ1) is 29.0. The van der Waals surface area contributed by atoms with Crippen LogP contribution < -0.4 is 5.32 Å². The molecule has 3 aromatic rings. The van der Waals surface area contributed by atoms with Gasteiger partial charge in [0.15, 0.2) is 0 Å². The third-order valence-corrected chi connectivity index (χ3v) is 8.67. The molecule has 5 rings (SSSR count). The van der Waals surface area contributed by atoms with Gasteiger partial charge in [-0.05, 0) is 52.0 Å². The highest BCUT2D eigenvalue weighted by atomic mass is 35.5. The summed E-state index contributed by atoms with van der Waals surface area (Å²) in [5.74, 6) is -0.816. The number of hydrogen-bond acceptors (Lipinski definition) is 6. The topological polar surface area (TPSA) is 121 Å². The maximum atomic E-state index is 14.1. The minimum absolute atomic E-state index is 0.101. The zero-order valence-corrected chi connectivity index (χ0v) is 25.0. The molecule has 4 heterocycles. The van der Waals surface area contributed by atoms with Gasteiger partial charge in [-0.25, -0.2) is 4.68 Å². The summed E-state index contributed by atoms with van der Waals surface area (Å²) in [5.41, 5.74) is 2.21. The Morgan fingerprint density at radius 2 is 1.90 bits per heavy atom. The lowest BCUT2D eigenvalue weighted by molar-refractivity contribution is -0.125. The normalized spacial score (nSPS) is 19.5. The number of rotatable bonds is 5. The fourth-order valence-electron chi connectivity index (χ4n) is 5.43. The second-order valence-electron chi connectivity index (χ2n) is 11.1. The second kappa shape index (κ2) is 10.7. The summed E-state index contributed by atoms with van der Waals surface area (Å²) in [6, 6.07) is 6.87. The van der Waals surface area contributed by atoms with Crippen molar-refractivity contribution in [2.75, 3.05) is 13.6 Å². The number of nitrogens with zero attached hydrogens (tertiary/aromatic N) is 5. The van der Waals surface area contributed by atoms with Crippen LogP contribution in [0.3, 0.4) is 0 Å². The van der Waals surface area contributed by atoms with Crippen molar-refractivity contribution < 1.29 is 19.5 Å². The predicted molar refractivity (Wildman–Crippen MR) is 154 cm³/mol. The van der Waals surface area contributed by atoms with Crippen LogP contribution >= 0.6 is 23.2 Å². The van der Waals surface area contributed by atoms with E-state index in [4.69, 9.17) is 28.3 Å². The number of carbonyl (C=O) groups excluding carboxylic acids is 3. The molecular formula is C29H32Cl2N6O4. The minimum Gasteiger partial charge on any atom is -0.386 e. The van der Waals surface area contributed by atoms with Crippen LogP contribution in [0, 0.1) is 0 Å². The molecule has 12 heteroatoms. The van der Waals surface area contributed by atoms with Gasteiger partial charge in [0.25, 0.3) is 11.8 Å². The Hall–Kier alpha value is -3.47. The van der Waals surface area contributed by atoms with Crippen LogP contribution in [0.2, 0.25) is 10.0 Å². The summed E-state index contributed by atoms with van der Waals surface area (Å²) >= 11 is 12.2. The molecule has 0 saturated heterocycles. The number of hydrogen-bond donors (Lipinski definition) is 2. The number of likely N-dealkylation sites (N-methyl/N-ethyl adjacent to an activating group) is 1. The highest BCUT2D eigenvalue weighted by molar-refractivity contribution is 6.42. The van der Waals surface area contributed by atoms with E-state index < -0.39 is 17.7 Å². The zero-order chi connectivity index (χ0) is 29.8. The van der Waals surface area contributed by atoms with Crippen molar-refractivity contribution in [2.24, 2.45) is 0 Å². The van der Waals surface area contributed by atoms with E-state index in [1.165, 1.54) is 10.7 Å². The largest absolute Gasteiger partial charge is 0.386 e. The Bertz CT molecular complexity index is 1530. The lowest BCUT2D eigenvalue weighted by atomic mass is 9.96. The summed E-state index contributed by atoms with van der Waals surface area (Å²) in [7, 11) is 1.55. The predicted octanol–water partition coefficient (Wildman–Crippen LogP) is 3.90. The fraction of sp³-hybridized carbons (Fsp3) is 0.414. The molecule has 2 aromatic heterocycles. The summed E-state index contributed by atoms with van der Waals surface area (Å²) < 4.78 is 1.51. The van der Waals surface area contributed by atoms with Gasteiger partial charge in [-0.1, -0.05) is 29.3 Å². The molecule has 0 fully saturated rings. The molecule has 0 unspecified atom stereocenters. The van der Waals surface area contributed by atoms with Crippen LogP contribution in [0.4, 0.5) is 0 Å². The Balaban J connectivity index is 1.52. The van der Waals surface area contributed by atoms with E-state index in [0.29, 0.717) is 45.2 Å². The molecule has 41 heavy (non-hydrogen) atoms. The third-order valence-electron chi connectivity index (χ3n) is 7.93. The molecule has 0 radical (unpaired) electrons. The number of aliphatic hydroxyl groups is 1. The van der Waals surface area contributed by atoms with Gasteiger partial charge in [-0.15, -0.1) is 0 Å². The van der Waals surface area contributed by atoms with Gasteiger partial charge < -0.3 is 20.2 Å². The van der Waals surface area contributed by atoms with Crippen molar-refractivity contribution in [3.63, 3.8) is 0 Å². The molecule has 2 N–H and O–H groups in total. The molecule has 2 aliphatic rings. The number of fused-ring (bicyclic) bond motifs is 3. The van der Waals surface area contributed by atoms with Gasteiger partial charge in [-0.3, -0.25) is 19.4 Å². The number of halogens is 2. The van der Waals surface area contributed by atoms with Gasteiger partial charge in [0.2, 0.25) is 5.91 Å². The van der Waals surface area contributed by atoms with Gasteiger partial charge in [0, 0.05) is 42.4 Å². The Morgan fingerprint density at radius 3 is 2.51 bits per heavy atom. The maximum absolute atomic E-state index is 14.1. The highest BCUT2D eigenvalue weighted by Gasteiger charge is 2.43. The first-order valence-corrected chi connectivity index (χ1v) is 14.1. The maximum Gasteiger partial charge on any atom is 0.273 e. The fourth-order valence-corrected chi connectivity index (χ4v) is 5.73. The molecule has 2 aliphatic heterocycles. The number of carbonyl (C=O) groups is 3. The van der Waals surface area contributed by atoms with Crippen molar-refractivity contribution in [3.05, 3.63) is 80.3 Å². The van der Waals surface area contributed by atoms with E-state index in [9.17, 15) is 19.5 Å². The zero-order valence-electron chi connectivity index (χ0n) is 23.5. The van der Waals surface area contributed by atoms with Gasteiger partial charge in [0.05, 0.1) is 46.2 Å². The molecule has 3 amide bonds. The van der Waals surface area contributed by atoms with E-state index in [1.54, 1.807) is 61.2 Å². The molecule has 0 aliphatic carbocycles. The van der Waals surface area contributed by atoms with Crippen molar-refractivity contribution in [1.82, 2.24) is 29.9 Å². The van der Waals surface area contributed by atoms with Crippen LogP contribution in [0.25, 0.3) is 0 Å². The van der Waals surface area contributed by atoms with Crippen LogP contribution in [0.5, 0.6) is 0 Å². The standard InChI is InChI=1S/C29H32Cl2N6O4/c1-15-10-23-19(13-35(15)27(39)17-6-8-20(30)21(31)11-17)25-28(40)36(14-24(26(38)32-5)37(25)34-23)16(2)22-9-7-18(12-33-22)29(3,4)41/h6-9,11-12,15-16,24,41H,10,13-14H2,1-5H3,(H,32,38)/t15-,16-,24+/m1/s1. The van der Waals surface area contributed by atoms with Crippen LogP contribution in [-0.4, -0.2) is 67.0 Å². The molecular weight excluding hydrogens is 567 g/mol. The first-order valence-electron chi connectivity index (χ1n) is 13.4. The number of aromatic nitrogens is 3. The summed E-state index contributed by atoms with van der Waals surface area (Å²) in [4.78, 5) is 48.5. The molecule has 0 spiro atoms. The summed E-state index contributed by atoms with van der Waals surface area (Å²) in [6.45, 7) is 7.38. The average Bonchev–Trinajstić information content (AvgIpc) is 3.31. The minimum atomic E-state index is -1.05. The highest BCUT2D eigenvalue weighted by Crippen LogP contribution is 2.36. The first-order chi connectivity index (χ1) is 19.3. The van der Waals surface area contributed by atoms with E-state index in [1.807, 2.05) is 13.8 Å².